The number of ether oxygens (including phenoxy) is 1. The number of anilines is 1. The molecule has 0 saturated carbocycles. The van der Waals surface area contributed by atoms with E-state index in [1.807, 2.05) is 0 Å². The van der Waals surface area contributed by atoms with Crippen molar-refractivity contribution >= 4 is 28.5 Å². The van der Waals surface area contributed by atoms with Gasteiger partial charge in [0, 0.05) is 37.1 Å². The van der Waals surface area contributed by atoms with Gasteiger partial charge in [-0.1, -0.05) is 12.1 Å². The third-order valence-corrected chi connectivity index (χ3v) is 5.72. The molecule has 0 atom stereocenters. The van der Waals surface area contributed by atoms with Crippen molar-refractivity contribution in [1.82, 2.24) is 9.47 Å². The lowest BCUT2D eigenvalue weighted by Crippen LogP contribution is -2.37. The Labute approximate surface area is 217 Å². The molecule has 11 heteroatoms. The van der Waals surface area contributed by atoms with Crippen molar-refractivity contribution in [3.8, 4) is 0 Å². The number of alkyl halides is 3. The smallest absolute Gasteiger partial charge is 0.419 e. The monoisotopic (exact) mass is 535 g/mol. The van der Waals surface area contributed by atoms with E-state index in [1.54, 1.807) is 59.1 Å². The van der Waals surface area contributed by atoms with Gasteiger partial charge in [0.15, 0.2) is 0 Å². The second-order valence-electron chi connectivity index (χ2n) is 9.97. The third kappa shape index (κ3) is 6.90. The van der Waals surface area contributed by atoms with E-state index < -0.39 is 35.2 Å². The van der Waals surface area contributed by atoms with E-state index in [0.29, 0.717) is 34.2 Å². The first-order valence-corrected chi connectivity index (χ1v) is 11.8. The van der Waals surface area contributed by atoms with Crippen molar-refractivity contribution in [2.45, 2.75) is 52.4 Å². The Kier molecular flexibility index (Phi) is 8.18. The van der Waals surface area contributed by atoms with Gasteiger partial charge in [0.1, 0.15) is 11.4 Å². The summed E-state index contributed by atoms with van der Waals surface area (Å²) in [7, 11) is 1.57. The number of fused-ring (bicyclic) bond motifs is 1. The molecule has 3 aromatic rings. The molecule has 38 heavy (non-hydrogen) atoms. The fraction of sp³-hybridized carbons (Fsp3) is 0.370. The number of aryl methyl sites for hydroxylation is 1. The Bertz CT molecular complexity index is 1420. The van der Waals surface area contributed by atoms with E-state index in [1.165, 1.54) is 9.47 Å². The van der Waals surface area contributed by atoms with Crippen molar-refractivity contribution in [2.75, 3.05) is 18.9 Å². The van der Waals surface area contributed by atoms with E-state index in [0.717, 1.165) is 6.07 Å². The largest absolute Gasteiger partial charge is 0.444 e. The predicted molar refractivity (Wildman–Crippen MR) is 136 cm³/mol. The summed E-state index contributed by atoms with van der Waals surface area (Å²) in [5, 5.41) is 3.50. The predicted octanol–water partition coefficient (Wildman–Crippen LogP) is 5.52. The van der Waals surface area contributed by atoms with E-state index in [4.69, 9.17) is 4.74 Å². The Hall–Kier alpha value is -3.89. The summed E-state index contributed by atoms with van der Waals surface area (Å²) in [5.41, 5.74) is -1.28. The normalized spacial score (nSPS) is 11.9. The zero-order valence-corrected chi connectivity index (χ0v) is 21.7. The van der Waals surface area contributed by atoms with Crippen LogP contribution in [-0.2, 0) is 28.7 Å². The van der Waals surface area contributed by atoms with Gasteiger partial charge in [-0.2, -0.15) is 13.2 Å². The maximum absolute atomic E-state index is 13.9. The first-order valence-electron chi connectivity index (χ1n) is 11.8. The third-order valence-electron chi connectivity index (χ3n) is 5.72. The Morgan fingerprint density at radius 1 is 1.05 bits per heavy atom. The Morgan fingerprint density at radius 3 is 2.34 bits per heavy atom. The summed E-state index contributed by atoms with van der Waals surface area (Å²) < 4.78 is 59.0. The SMILES string of the molecule is Cc1ccc2c(=O)n(CCN(C)C(=O)OC(C)(C)C)ccc2c1NC(=O)Cc1ccc(C(F)(F)F)c(F)c1. The number of aromatic nitrogens is 1. The lowest BCUT2D eigenvalue weighted by atomic mass is 10.0. The minimum absolute atomic E-state index is 0.0716. The highest BCUT2D eigenvalue weighted by atomic mass is 19.4. The number of carbonyl (C=O) groups is 2. The number of rotatable bonds is 6. The van der Waals surface area contributed by atoms with Crippen LogP contribution in [0.25, 0.3) is 10.8 Å². The molecule has 204 valence electrons. The molecule has 3 rings (SSSR count). The molecule has 0 aliphatic rings. The van der Waals surface area contributed by atoms with Gasteiger partial charge >= 0.3 is 12.3 Å². The minimum Gasteiger partial charge on any atom is -0.444 e. The van der Waals surface area contributed by atoms with Crippen molar-refractivity contribution in [2.24, 2.45) is 0 Å². The zero-order chi connectivity index (χ0) is 28.4. The minimum atomic E-state index is -4.83. The molecule has 0 radical (unpaired) electrons. The van der Waals surface area contributed by atoms with Crippen LogP contribution in [-0.4, -0.2) is 40.7 Å². The molecule has 0 bridgehead atoms. The second-order valence-corrected chi connectivity index (χ2v) is 9.97. The van der Waals surface area contributed by atoms with E-state index in [2.05, 4.69) is 5.32 Å². The van der Waals surface area contributed by atoms with Crippen LogP contribution in [0, 0.1) is 12.7 Å². The Morgan fingerprint density at radius 2 is 1.74 bits per heavy atom. The summed E-state index contributed by atoms with van der Waals surface area (Å²) in [6.45, 7) is 7.43. The second kappa shape index (κ2) is 10.8. The molecular formula is C27H29F4N3O4. The van der Waals surface area contributed by atoms with Crippen LogP contribution in [0.4, 0.5) is 28.0 Å². The highest BCUT2D eigenvalue weighted by Crippen LogP contribution is 2.32. The Balaban J connectivity index is 1.78. The number of carbonyl (C=O) groups excluding carboxylic acids is 2. The maximum Gasteiger partial charge on any atom is 0.419 e. The van der Waals surface area contributed by atoms with Crippen molar-refractivity contribution in [1.29, 1.82) is 0 Å². The number of hydrogen-bond acceptors (Lipinski definition) is 4. The molecule has 2 aromatic carbocycles. The average molecular weight is 536 g/mol. The molecule has 0 aliphatic heterocycles. The molecule has 7 nitrogen and oxygen atoms in total. The van der Waals surface area contributed by atoms with Gasteiger partial charge in [-0.3, -0.25) is 9.59 Å². The van der Waals surface area contributed by atoms with Crippen LogP contribution in [0.3, 0.4) is 0 Å². The average Bonchev–Trinajstić information content (AvgIpc) is 2.78. The number of nitrogens with zero attached hydrogens (tertiary/aromatic N) is 2. The summed E-state index contributed by atoms with van der Waals surface area (Å²) in [6, 6.07) is 7.28. The summed E-state index contributed by atoms with van der Waals surface area (Å²) >= 11 is 0. The molecule has 0 saturated heterocycles. The van der Waals surface area contributed by atoms with E-state index in [9.17, 15) is 31.9 Å². The van der Waals surface area contributed by atoms with Gasteiger partial charge in [-0.05, 0) is 63.1 Å². The molecule has 1 N–H and O–H groups in total. The van der Waals surface area contributed by atoms with E-state index >= 15 is 0 Å². The summed E-state index contributed by atoms with van der Waals surface area (Å²) in [6.07, 6.45) is -4.16. The number of likely N-dealkylation sites (N-methyl/N-ethyl adjacent to an activating group) is 1. The van der Waals surface area contributed by atoms with Crippen LogP contribution < -0.4 is 10.9 Å². The first kappa shape index (κ1) is 28.7. The summed E-state index contributed by atoms with van der Waals surface area (Å²) in [5.74, 6) is -2.04. The highest BCUT2D eigenvalue weighted by molar-refractivity contribution is 6.03. The number of halogens is 4. The highest BCUT2D eigenvalue weighted by Gasteiger charge is 2.34. The van der Waals surface area contributed by atoms with Crippen molar-refractivity contribution < 1.29 is 31.9 Å². The lowest BCUT2D eigenvalue weighted by molar-refractivity contribution is -0.140. The molecule has 0 spiro atoms. The number of hydrogen-bond donors (Lipinski definition) is 1. The number of benzene rings is 2. The van der Waals surface area contributed by atoms with Gasteiger partial charge in [0.25, 0.3) is 5.56 Å². The van der Waals surface area contributed by atoms with Crippen LogP contribution >= 0.6 is 0 Å². The molecule has 2 amide bonds. The van der Waals surface area contributed by atoms with Gasteiger partial charge in [0.05, 0.1) is 17.7 Å². The molecular weight excluding hydrogens is 506 g/mol. The molecule has 0 aliphatic carbocycles. The van der Waals surface area contributed by atoms with Crippen LogP contribution in [0.15, 0.2) is 47.4 Å². The van der Waals surface area contributed by atoms with Gasteiger partial charge in [0.2, 0.25) is 5.91 Å². The maximum atomic E-state index is 13.9. The van der Waals surface area contributed by atoms with Crippen molar-refractivity contribution in [3.05, 3.63) is 75.5 Å². The first-order chi connectivity index (χ1) is 17.6. The fourth-order valence-electron chi connectivity index (χ4n) is 3.77. The number of amides is 2. The summed E-state index contributed by atoms with van der Waals surface area (Å²) in [4.78, 5) is 39.3. The van der Waals surface area contributed by atoms with Gasteiger partial charge in [-0.15, -0.1) is 0 Å². The van der Waals surface area contributed by atoms with Crippen LogP contribution in [0.2, 0.25) is 0 Å². The number of pyridine rings is 1. The standard InChI is InChI=1S/C27H29F4N3O4/c1-16-6-8-19-18(10-11-34(24(19)36)13-12-33(5)25(37)38-26(2,3)4)23(16)32-22(35)15-17-7-9-20(21(28)14-17)27(29,30)31/h6-11,14H,12-13,15H2,1-5H3,(H,32,35). The fourth-order valence-corrected chi connectivity index (χ4v) is 3.77. The molecule has 1 heterocycles. The van der Waals surface area contributed by atoms with Crippen molar-refractivity contribution in [3.63, 3.8) is 0 Å². The molecule has 1 aromatic heterocycles. The molecule has 0 fully saturated rings. The van der Waals surface area contributed by atoms with Crippen LogP contribution in [0.5, 0.6) is 0 Å². The molecule has 0 unspecified atom stereocenters. The topological polar surface area (TPSA) is 80.6 Å². The number of nitrogens with one attached hydrogen (secondary N) is 1. The van der Waals surface area contributed by atoms with Crippen LogP contribution in [0.1, 0.15) is 37.5 Å². The lowest BCUT2D eigenvalue weighted by Gasteiger charge is -2.24. The van der Waals surface area contributed by atoms with E-state index in [-0.39, 0.29) is 30.6 Å². The quantitative estimate of drug-likeness (QED) is 0.422. The zero-order valence-electron chi connectivity index (χ0n) is 21.7. The van der Waals surface area contributed by atoms with Gasteiger partial charge < -0.3 is 19.5 Å². The van der Waals surface area contributed by atoms with Gasteiger partial charge in [-0.25, -0.2) is 9.18 Å².